The molecule has 0 spiro atoms. The second kappa shape index (κ2) is 7.76. The number of allylic oxidation sites excluding steroid dienone is 4. The highest BCUT2D eigenvalue weighted by Gasteiger charge is 2.31. The van der Waals surface area contributed by atoms with Gasteiger partial charge in [0.05, 0.1) is 23.4 Å². The molecule has 2 aromatic rings. The minimum atomic E-state index is -0.515. The van der Waals surface area contributed by atoms with Crippen LogP contribution in [0.25, 0.3) is 5.57 Å². The minimum absolute atomic E-state index is 0.138. The maximum Gasteiger partial charge on any atom is 0.222 e. The first-order chi connectivity index (χ1) is 13.0. The van der Waals surface area contributed by atoms with Gasteiger partial charge in [0.2, 0.25) is 5.91 Å². The van der Waals surface area contributed by atoms with E-state index in [1.54, 1.807) is 31.3 Å². The number of benzene rings is 1. The molecule has 1 atom stereocenters. The van der Waals surface area contributed by atoms with E-state index in [9.17, 15) is 4.79 Å². The molecule has 1 N–H and O–H groups in total. The van der Waals surface area contributed by atoms with E-state index in [0.717, 1.165) is 22.3 Å². The molecule has 0 aliphatic carbocycles. The molecule has 0 fully saturated rings. The summed E-state index contributed by atoms with van der Waals surface area (Å²) in [5.74, 6) is 0.413. The van der Waals surface area contributed by atoms with E-state index >= 15 is 0 Å². The van der Waals surface area contributed by atoms with Gasteiger partial charge in [-0.1, -0.05) is 54.2 Å². The van der Waals surface area contributed by atoms with Crippen LogP contribution in [-0.4, -0.2) is 23.8 Å². The number of nitrogens with one attached hydrogen (secondary N) is 1. The molecule has 0 saturated carbocycles. The van der Waals surface area contributed by atoms with Gasteiger partial charge in [-0.2, -0.15) is 0 Å². The van der Waals surface area contributed by atoms with Crippen molar-refractivity contribution in [3.05, 3.63) is 82.8 Å². The summed E-state index contributed by atoms with van der Waals surface area (Å²) in [5, 5.41) is 7.37. The van der Waals surface area contributed by atoms with E-state index in [1.165, 1.54) is 0 Å². The fourth-order valence-electron chi connectivity index (χ4n) is 3.16. The molecule has 1 amide bonds. The lowest BCUT2D eigenvalue weighted by Crippen LogP contribution is -2.20. The van der Waals surface area contributed by atoms with E-state index in [2.05, 4.69) is 23.6 Å². The van der Waals surface area contributed by atoms with Crippen LogP contribution >= 0.6 is 11.6 Å². The predicted octanol–water partition coefficient (Wildman–Crippen LogP) is 4.44. The van der Waals surface area contributed by atoms with Gasteiger partial charge in [-0.05, 0) is 24.6 Å². The summed E-state index contributed by atoms with van der Waals surface area (Å²) in [6.07, 6.45) is 3.63. The molecule has 0 saturated heterocycles. The Morgan fingerprint density at radius 1 is 1.26 bits per heavy atom. The Bertz CT molecular complexity index is 968. The fourth-order valence-corrected chi connectivity index (χ4v) is 3.29. The van der Waals surface area contributed by atoms with Gasteiger partial charge >= 0.3 is 0 Å². The van der Waals surface area contributed by atoms with Crippen molar-refractivity contribution in [2.75, 3.05) is 7.05 Å². The molecule has 1 aromatic carbocycles. The van der Waals surface area contributed by atoms with E-state index in [4.69, 9.17) is 21.1 Å². The van der Waals surface area contributed by atoms with Gasteiger partial charge in [-0.3, -0.25) is 9.79 Å². The lowest BCUT2D eigenvalue weighted by Gasteiger charge is -2.12. The van der Waals surface area contributed by atoms with Crippen LogP contribution in [0.15, 0.2) is 64.7 Å². The van der Waals surface area contributed by atoms with Gasteiger partial charge in [0.15, 0.2) is 5.76 Å². The minimum Gasteiger partial charge on any atom is -0.359 e. The van der Waals surface area contributed by atoms with Crippen LogP contribution in [0, 0.1) is 6.92 Å². The van der Waals surface area contributed by atoms with Crippen molar-refractivity contribution in [1.29, 1.82) is 0 Å². The Balaban J connectivity index is 2.28. The molecular formula is C21H20ClN3O2. The predicted molar refractivity (Wildman–Crippen MR) is 108 cm³/mol. The first-order valence-corrected chi connectivity index (χ1v) is 8.88. The van der Waals surface area contributed by atoms with Crippen LogP contribution < -0.4 is 5.32 Å². The highest BCUT2D eigenvalue weighted by Crippen LogP contribution is 2.38. The normalized spacial score (nSPS) is 16.3. The highest BCUT2D eigenvalue weighted by atomic mass is 35.5. The largest absolute Gasteiger partial charge is 0.359 e. The van der Waals surface area contributed by atoms with Gasteiger partial charge < -0.3 is 9.84 Å². The van der Waals surface area contributed by atoms with Crippen molar-refractivity contribution in [2.45, 2.75) is 19.4 Å². The fraction of sp³-hybridized carbons (Fsp3) is 0.190. The number of aromatic nitrogens is 1. The van der Waals surface area contributed by atoms with Crippen LogP contribution in [0.3, 0.4) is 0 Å². The standard InChI is InChI=1S/C21H20ClN3O2/c1-5-15-16(6-2)20(13-7-9-14(22)10-8-13)24-17(11-18(26)23-4)21-19(15)12(3)25-27-21/h5-10,17H,1-2,11H2,3-4H3,(H,23,26)/t17-/m0/s1. The maximum absolute atomic E-state index is 12.1. The van der Waals surface area contributed by atoms with Crippen LogP contribution in [0.5, 0.6) is 0 Å². The molecular weight excluding hydrogens is 362 g/mol. The molecule has 0 radical (unpaired) electrons. The summed E-state index contributed by atoms with van der Waals surface area (Å²) in [7, 11) is 1.60. The summed E-state index contributed by atoms with van der Waals surface area (Å²) in [6.45, 7) is 9.78. The maximum atomic E-state index is 12.1. The van der Waals surface area contributed by atoms with E-state index in [-0.39, 0.29) is 12.3 Å². The number of carbonyl (C=O) groups is 1. The number of hydrogen-bond acceptors (Lipinski definition) is 4. The van der Waals surface area contributed by atoms with Gasteiger partial charge in [0, 0.05) is 23.2 Å². The number of aliphatic imine (C=N–C) groups is 1. The second-order valence-corrected chi connectivity index (χ2v) is 6.56. The van der Waals surface area contributed by atoms with E-state index in [1.807, 2.05) is 19.1 Å². The van der Waals surface area contributed by atoms with Crippen molar-refractivity contribution < 1.29 is 9.32 Å². The number of hydrogen-bond donors (Lipinski definition) is 1. The molecule has 5 nitrogen and oxygen atoms in total. The third-order valence-corrected chi connectivity index (χ3v) is 4.73. The Morgan fingerprint density at radius 3 is 2.52 bits per heavy atom. The SMILES string of the molecule is C=CC1=C(C=C)c2c(C)noc2[C@H](CC(=O)NC)N=C1c1ccc(Cl)cc1. The highest BCUT2D eigenvalue weighted by molar-refractivity contribution is 6.30. The van der Waals surface area contributed by atoms with Gasteiger partial charge in [0.25, 0.3) is 0 Å². The van der Waals surface area contributed by atoms with Crippen LogP contribution in [0.4, 0.5) is 0 Å². The van der Waals surface area contributed by atoms with Crippen molar-refractivity contribution in [3.8, 4) is 0 Å². The Morgan fingerprint density at radius 2 is 1.93 bits per heavy atom. The first-order valence-electron chi connectivity index (χ1n) is 8.50. The average molecular weight is 382 g/mol. The number of halogens is 1. The quantitative estimate of drug-likeness (QED) is 0.832. The molecule has 2 heterocycles. The smallest absolute Gasteiger partial charge is 0.222 e. The van der Waals surface area contributed by atoms with E-state index < -0.39 is 6.04 Å². The zero-order valence-corrected chi connectivity index (χ0v) is 16.0. The molecule has 3 rings (SSSR count). The van der Waals surface area contributed by atoms with E-state index in [0.29, 0.717) is 22.2 Å². The third-order valence-electron chi connectivity index (χ3n) is 4.47. The van der Waals surface area contributed by atoms with Crippen LogP contribution in [0.1, 0.15) is 35.0 Å². The molecule has 27 heavy (non-hydrogen) atoms. The molecule has 1 aromatic heterocycles. The van der Waals surface area contributed by atoms with Gasteiger partial charge in [-0.25, -0.2) is 0 Å². The van der Waals surface area contributed by atoms with Crippen LogP contribution in [0.2, 0.25) is 5.02 Å². The summed E-state index contributed by atoms with van der Waals surface area (Å²) in [5.41, 5.74) is 4.73. The molecule has 138 valence electrons. The average Bonchev–Trinajstić information content (AvgIpc) is 2.99. The lowest BCUT2D eigenvalue weighted by molar-refractivity contribution is -0.121. The lowest BCUT2D eigenvalue weighted by atomic mass is 9.93. The number of carbonyl (C=O) groups excluding carboxylic acids is 1. The monoisotopic (exact) mass is 381 g/mol. The third kappa shape index (κ3) is 3.51. The molecule has 1 aliphatic heterocycles. The van der Waals surface area contributed by atoms with Crippen molar-refractivity contribution >= 4 is 28.8 Å². The van der Waals surface area contributed by atoms with Crippen molar-refractivity contribution in [2.24, 2.45) is 4.99 Å². The van der Waals surface area contributed by atoms with Crippen molar-refractivity contribution in [3.63, 3.8) is 0 Å². The molecule has 1 aliphatic rings. The number of nitrogens with zero attached hydrogens (tertiary/aromatic N) is 2. The van der Waals surface area contributed by atoms with Crippen molar-refractivity contribution in [1.82, 2.24) is 10.5 Å². The Kier molecular flexibility index (Phi) is 5.42. The molecule has 0 unspecified atom stereocenters. The number of aryl methyl sites for hydroxylation is 1. The number of amides is 1. The molecule has 0 bridgehead atoms. The number of fused-ring (bicyclic) bond motifs is 1. The first kappa shape index (κ1) is 18.9. The van der Waals surface area contributed by atoms with Crippen LogP contribution in [-0.2, 0) is 4.79 Å². The summed E-state index contributed by atoms with van der Waals surface area (Å²) in [6, 6.07) is 6.87. The topological polar surface area (TPSA) is 67.5 Å². The Labute approximate surface area is 163 Å². The molecule has 6 heteroatoms. The number of rotatable bonds is 5. The van der Waals surface area contributed by atoms with Gasteiger partial charge in [0.1, 0.15) is 6.04 Å². The zero-order chi connectivity index (χ0) is 19.6. The Hall–Kier alpha value is -2.92. The van der Waals surface area contributed by atoms with Gasteiger partial charge in [-0.15, -0.1) is 0 Å². The summed E-state index contributed by atoms with van der Waals surface area (Å²) >= 11 is 6.04. The summed E-state index contributed by atoms with van der Waals surface area (Å²) in [4.78, 5) is 17.0. The zero-order valence-electron chi connectivity index (χ0n) is 15.3. The second-order valence-electron chi connectivity index (χ2n) is 6.12. The summed E-state index contributed by atoms with van der Waals surface area (Å²) < 4.78 is 5.58.